The molecule has 0 heterocycles. The molecule has 0 aliphatic carbocycles. The summed E-state index contributed by atoms with van der Waals surface area (Å²) in [7, 11) is -3.11. The van der Waals surface area contributed by atoms with Crippen LogP contribution in [0.4, 0.5) is 0 Å². The molecule has 0 aliphatic heterocycles. The van der Waals surface area contributed by atoms with Crippen molar-refractivity contribution in [3.63, 3.8) is 0 Å². The summed E-state index contributed by atoms with van der Waals surface area (Å²) in [5.74, 6) is 0.758. The molecule has 0 aromatic carbocycles. The maximum Gasteiger partial charge on any atom is 0.191 e. The molecule has 7 heteroatoms. The summed E-state index contributed by atoms with van der Waals surface area (Å²) in [6, 6.07) is 0.317. The Morgan fingerprint density at radius 1 is 1.25 bits per heavy atom. The Bertz CT molecular complexity index is 389. The number of guanidine groups is 1. The predicted octanol–water partition coefficient (Wildman–Crippen LogP) is 2.17. The van der Waals surface area contributed by atoms with E-state index in [1.807, 2.05) is 6.92 Å². The average Bonchev–Trinajstić information content (AvgIpc) is 2.27. The number of nitrogens with one attached hydrogen (secondary N) is 2. The van der Waals surface area contributed by atoms with Gasteiger partial charge in [0.05, 0.1) is 17.0 Å². The molecular formula is C13H30IN3O2S. The molecule has 0 aromatic heterocycles. The van der Waals surface area contributed by atoms with E-state index in [9.17, 15) is 8.42 Å². The number of halogens is 1. The molecular weight excluding hydrogens is 389 g/mol. The lowest BCUT2D eigenvalue weighted by molar-refractivity contribution is 0.560. The highest BCUT2D eigenvalue weighted by Gasteiger charge is 2.28. The average molecular weight is 419 g/mol. The molecule has 0 spiro atoms. The highest BCUT2D eigenvalue weighted by atomic mass is 127. The van der Waals surface area contributed by atoms with Crippen molar-refractivity contribution in [3.8, 4) is 0 Å². The molecule has 0 fully saturated rings. The van der Waals surface area contributed by atoms with Crippen molar-refractivity contribution in [2.24, 2.45) is 4.99 Å². The van der Waals surface area contributed by atoms with Crippen LogP contribution in [0, 0.1) is 0 Å². The molecule has 0 aliphatic rings. The van der Waals surface area contributed by atoms with Crippen molar-refractivity contribution < 1.29 is 8.42 Å². The minimum atomic E-state index is -3.11. The van der Waals surface area contributed by atoms with E-state index in [0.717, 1.165) is 13.0 Å². The number of hydrogen-bond donors (Lipinski definition) is 2. The Morgan fingerprint density at radius 2 is 1.80 bits per heavy atom. The molecule has 20 heavy (non-hydrogen) atoms. The fourth-order valence-electron chi connectivity index (χ4n) is 1.24. The number of rotatable bonds is 6. The van der Waals surface area contributed by atoms with E-state index in [0.29, 0.717) is 12.0 Å². The van der Waals surface area contributed by atoms with Gasteiger partial charge in [-0.2, -0.15) is 0 Å². The van der Waals surface area contributed by atoms with Crippen LogP contribution in [-0.4, -0.2) is 44.0 Å². The smallest absolute Gasteiger partial charge is 0.191 e. The highest BCUT2D eigenvalue weighted by Crippen LogP contribution is 2.15. The molecule has 122 valence electrons. The first-order chi connectivity index (χ1) is 8.64. The summed E-state index contributed by atoms with van der Waals surface area (Å²) in [5.41, 5.74) is 0. The lowest BCUT2D eigenvalue weighted by Crippen LogP contribution is -2.42. The zero-order valence-electron chi connectivity index (χ0n) is 13.5. The van der Waals surface area contributed by atoms with Crippen molar-refractivity contribution in [1.82, 2.24) is 10.6 Å². The molecule has 2 N–H and O–H groups in total. The molecule has 0 saturated carbocycles. The van der Waals surface area contributed by atoms with E-state index >= 15 is 0 Å². The Balaban J connectivity index is 0. The van der Waals surface area contributed by atoms with Gasteiger partial charge in [0, 0.05) is 12.6 Å². The summed E-state index contributed by atoms with van der Waals surface area (Å²) in [6.45, 7) is 12.3. The van der Waals surface area contributed by atoms with Gasteiger partial charge in [0.25, 0.3) is 0 Å². The van der Waals surface area contributed by atoms with Crippen LogP contribution in [0.5, 0.6) is 0 Å². The minimum Gasteiger partial charge on any atom is -0.357 e. The van der Waals surface area contributed by atoms with Crippen LogP contribution in [-0.2, 0) is 9.84 Å². The third-order valence-corrected chi connectivity index (χ3v) is 5.49. The van der Waals surface area contributed by atoms with E-state index in [1.165, 1.54) is 0 Å². The zero-order valence-corrected chi connectivity index (χ0v) is 16.6. The van der Waals surface area contributed by atoms with Crippen LogP contribution in [0.15, 0.2) is 4.99 Å². The first-order valence-corrected chi connectivity index (χ1v) is 8.56. The molecule has 0 bridgehead atoms. The van der Waals surface area contributed by atoms with Crippen LogP contribution in [0.3, 0.4) is 0 Å². The Morgan fingerprint density at radius 3 is 2.20 bits per heavy atom. The molecule has 5 nitrogen and oxygen atoms in total. The third-order valence-electron chi connectivity index (χ3n) is 2.90. The first-order valence-electron chi connectivity index (χ1n) is 6.91. The second-order valence-electron chi connectivity index (χ2n) is 5.65. The van der Waals surface area contributed by atoms with E-state index in [2.05, 4.69) is 29.5 Å². The molecule has 0 amide bonds. The summed E-state index contributed by atoms with van der Waals surface area (Å²) in [4.78, 5) is 4.32. The molecule has 0 saturated heterocycles. The van der Waals surface area contributed by atoms with Gasteiger partial charge >= 0.3 is 0 Å². The van der Waals surface area contributed by atoms with Crippen molar-refractivity contribution in [3.05, 3.63) is 0 Å². The number of nitrogens with zero attached hydrogens (tertiary/aromatic N) is 1. The van der Waals surface area contributed by atoms with Gasteiger partial charge in [-0.05, 0) is 41.0 Å². The lowest BCUT2D eigenvalue weighted by Gasteiger charge is -2.19. The third kappa shape index (κ3) is 8.28. The highest BCUT2D eigenvalue weighted by molar-refractivity contribution is 14.0. The second kappa shape index (κ2) is 9.81. The maximum absolute atomic E-state index is 12.0. The standard InChI is InChI=1S/C13H29N3O2S.HI/c1-7-11(3)16-12(14-8-2)15-9-10-19(17,18)13(4,5)6;/h11H,7-10H2,1-6H3,(H2,14,15,16);1H. The monoisotopic (exact) mass is 419 g/mol. The molecule has 0 radical (unpaired) electrons. The van der Waals surface area contributed by atoms with Crippen molar-refractivity contribution in [1.29, 1.82) is 0 Å². The SMILES string of the molecule is CCNC(=NCCS(=O)(=O)C(C)(C)C)NC(C)CC.I. The van der Waals surface area contributed by atoms with Gasteiger partial charge in [0.1, 0.15) is 0 Å². The summed E-state index contributed by atoms with van der Waals surface area (Å²) < 4.78 is 23.2. The van der Waals surface area contributed by atoms with Crippen molar-refractivity contribution in [2.75, 3.05) is 18.8 Å². The van der Waals surface area contributed by atoms with E-state index in [4.69, 9.17) is 0 Å². The molecule has 1 atom stereocenters. The van der Waals surface area contributed by atoms with Gasteiger partial charge in [-0.15, -0.1) is 24.0 Å². The summed E-state index contributed by atoms with van der Waals surface area (Å²) >= 11 is 0. The normalized spacial score (nSPS) is 14.4. The van der Waals surface area contributed by atoms with Crippen LogP contribution in [0.25, 0.3) is 0 Å². The number of aliphatic imine (C=N–C) groups is 1. The quantitative estimate of drug-likeness (QED) is 0.393. The first kappa shape index (κ1) is 22.2. The van der Waals surface area contributed by atoms with Gasteiger partial charge in [-0.25, -0.2) is 8.42 Å². The fourth-order valence-corrected chi connectivity index (χ4v) is 2.18. The predicted molar refractivity (Wildman–Crippen MR) is 97.8 cm³/mol. The van der Waals surface area contributed by atoms with E-state index in [-0.39, 0.29) is 36.3 Å². The minimum absolute atomic E-state index is 0. The largest absolute Gasteiger partial charge is 0.357 e. The number of hydrogen-bond acceptors (Lipinski definition) is 3. The summed E-state index contributed by atoms with van der Waals surface area (Å²) in [5, 5.41) is 6.35. The van der Waals surface area contributed by atoms with E-state index < -0.39 is 14.6 Å². The van der Waals surface area contributed by atoms with Gasteiger partial charge < -0.3 is 10.6 Å². The van der Waals surface area contributed by atoms with Gasteiger partial charge in [-0.1, -0.05) is 6.92 Å². The fraction of sp³-hybridized carbons (Fsp3) is 0.923. The van der Waals surface area contributed by atoms with Crippen molar-refractivity contribution in [2.45, 2.75) is 58.8 Å². The van der Waals surface area contributed by atoms with Gasteiger partial charge in [0.2, 0.25) is 0 Å². The van der Waals surface area contributed by atoms with E-state index in [1.54, 1.807) is 20.8 Å². The lowest BCUT2D eigenvalue weighted by atomic mass is 10.3. The molecule has 0 aromatic rings. The Labute approximate surface area is 141 Å². The molecule has 1 unspecified atom stereocenters. The van der Waals surface area contributed by atoms with Crippen LogP contribution in [0.2, 0.25) is 0 Å². The maximum atomic E-state index is 12.0. The van der Waals surface area contributed by atoms with Crippen LogP contribution in [0.1, 0.15) is 48.0 Å². The second-order valence-corrected chi connectivity index (χ2v) is 8.51. The zero-order chi connectivity index (χ0) is 15.1. The topological polar surface area (TPSA) is 70.6 Å². The van der Waals surface area contributed by atoms with Gasteiger partial charge in [0.15, 0.2) is 15.8 Å². The van der Waals surface area contributed by atoms with Crippen LogP contribution >= 0.6 is 24.0 Å². The van der Waals surface area contributed by atoms with Crippen LogP contribution < -0.4 is 10.6 Å². The summed E-state index contributed by atoms with van der Waals surface area (Å²) in [6.07, 6.45) is 0.991. The Hall–Kier alpha value is -0.0500. The number of sulfone groups is 1. The van der Waals surface area contributed by atoms with Crippen molar-refractivity contribution >= 4 is 39.8 Å². The molecule has 0 rings (SSSR count). The Kier molecular flexibility index (Phi) is 10.9. The van der Waals surface area contributed by atoms with Gasteiger partial charge in [-0.3, -0.25) is 4.99 Å².